The van der Waals surface area contributed by atoms with E-state index < -0.39 is 10.0 Å². The number of nitrogens with zero attached hydrogens (tertiary/aromatic N) is 1. The quantitative estimate of drug-likeness (QED) is 0.747. The number of pyridine rings is 1. The van der Waals surface area contributed by atoms with Crippen molar-refractivity contribution in [2.24, 2.45) is 5.92 Å². The zero-order valence-electron chi connectivity index (χ0n) is 11.5. The molecule has 0 aliphatic rings. The van der Waals surface area contributed by atoms with Crippen molar-refractivity contribution in [3.05, 3.63) is 24.5 Å². The molecule has 0 radical (unpaired) electrons. The number of aromatic nitrogens is 2. The maximum atomic E-state index is 12.5. The van der Waals surface area contributed by atoms with E-state index in [0.717, 1.165) is 0 Å². The van der Waals surface area contributed by atoms with Crippen molar-refractivity contribution in [2.75, 3.05) is 6.61 Å². The standard InChI is InChI=1S/C13H19N3O3S/c1-9(2)11(5-7-17)16-20(18,19)12-8-15-13-10(12)4-3-6-14-13/h3-4,6,8-9,11,16-17H,5,7H2,1-2H3,(H,14,15). The van der Waals surface area contributed by atoms with Gasteiger partial charge >= 0.3 is 0 Å². The van der Waals surface area contributed by atoms with Crippen molar-refractivity contribution >= 4 is 21.1 Å². The Morgan fingerprint density at radius 2 is 2.20 bits per heavy atom. The molecule has 1 unspecified atom stereocenters. The van der Waals surface area contributed by atoms with Gasteiger partial charge in [-0.1, -0.05) is 13.8 Å². The van der Waals surface area contributed by atoms with Crippen LogP contribution in [0, 0.1) is 5.92 Å². The molecule has 0 saturated heterocycles. The molecular weight excluding hydrogens is 278 g/mol. The molecule has 0 fully saturated rings. The molecule has 2 aromatic heterocycles. The molecule has 0 spiro atoms. The molecule has 0 aliphatic carbocycles. The van der Waals surface area contributed by atoms with Crippen molar-refractivity contribution in [1.29, 1.82) is 0 Å². The van der Waals surface area contributed by atoms with Crippen molar-refractivity contribution in [3.63, 3.8) is 0 Å². The van der Waals surface area contributed by atoms with Crippen LogP contribution in [-0.4, -0.2) is 36.1 Å². The van der Waals surface area contributed by atoms with Gasteiger partial charge in [-0.2, -0.15) is 0 Å². The number of H-pyrrole nitrogens is 1. The fraction of sp³-hybridized carbons (Fsp3) is 0.462. The van der Waals surface area contributed by atoms with Crippen molar-refractivity contribution < 1.29 is 13.5 Å². The van der Waals surface area contributed by atoms with E-state index in [2.05, 4.69) is 14.7 Å². The number of nitrogens with one attached hydrogen (secondary N) is 2. The van der Waals surface area contributed by atoms with E-state index in [-0.39, 0.29) is 23.5 Å². The average Bonchev–Trinajstić information content (AvgIpc) is 2.82. The van der Waals surface area contributed by atoms with E-state index in [1.807, 2.05) is 13.8 Å². The summed E-state index contributed by atoms with van der Waals surface area (Å²) in [6, 6.07) is 3.11. The summed E-state index contributed by atoms with van der Waals surface area (Å²) in [5.41, 5.74) is 0.538. The minimum Gasteiger partial charge on any atom is -0.396 e. The Hall–Kier alpha value is -1.44. The van der Waals surface area contributed by atoms with Gasteiger partial charge in [0.15, 0.2) is 0 Å². The van der Waals surface area contributed by atoms with Gasteiger partial charge in [0.2, 0.25) is 10.0 Å². The van der Waals surface area contributed by atoms with Crippen LogP contribution in [0.5, 0.6) is 0 Å². The molecule has 0 amide bonds. The lowest BCUT2D eigenvalue weighted by Crippen LogP contribution is -2.39. The molecule has 3 N–H and O–H groups in total. The first-order valence-corrected chi connectivity index (χ1v) is 7.99. The largest absolute Gasteiger partial charge is 0.396 e. The number of rotatable bonds is 6. The molecular formula is C13H19N3O3S. The number of hydrogen-bond acceptors (Lipinski definition) is 4. The Balaban J connectivity index is 2.35. The third-order valence-corrected chi connectivity index (χ3v) is 4.78. The second-order valence-electron chi connectivity index (χ2n) is 5.04. The smallest absolute Gasteiger partial charge is 0.243 e. The first-order chi connectivity index (χ1) is 9.45. The zero-order valence-corrected chi connectivity index (χ0v) is 12.3. The van der Waals surface area contributed by atoms with E-state index in [1.165, 1.54) is 6.20 Å². The summed E-state index contributed by atoms with van der Waals surface area (Å²) in [6.07, 6.45) is 3.43. The van der Waals surface area contributed by atoms with Gasteiger partial charge in [0.25, 0.3) is 0 Å². The second kappa shape index (κ2) is 5.90. The molecule has 20 heavy (non-hydrogen) atoms. The minimum absolute atomic E-state index is 0.0548. The first-order valence-electron chi connectivity index (χ1n) is 6.51. The van der Waals surface area contributed by atoms with Crippen LogP contribution in [0.3, 0.4) is 0 Å². The average molecular weight is 297 g/mol. The zero-order chi connectivity index (χ0) is 14.8. The summed E-state index contributed by atoms with van der Waals surface area (Å²) >= 11 is 0. The third-order valence-electron chi connectivity index (χ3n) is 3.25. The van der Waals surface area contributed by atoms with Gasteiger partial charge in [-0.3, -0.25) is 0 Å². The number of hydrogen-bond donors (Lipinski definition) is 3. The number of fused-ring (bicyclic) bond motifs is 1. The Kier molecular flexibility index (Phi) is 4.42. The molecule has 1 atom stereocenters. The summed E-state index contributed by atoms with van der Waals surface area (Å²) in [6.45, 7) is 3.78. The van der Waals surface area contributed by atoms with Crippen LogP contribution in [0.4, 0.5) is 0 Å². The molecule has 0 saturated carbocycles. The lowest BCUT2D eigenvalue weighted by atomic mass is 10.0. The van der Waals surface area contributed by atoms with Crippen molar-refractivity contribution in [1.82, 2.24) is 14.7 Å². The normalized spacial score (nSPS) is 14.0. The maximum absolute atomic E-state index is 12.5. The van der Waals surface area contributed by atoms with Crippen LogP contribution in [0.1, 0.15) is 20.3 Å². The van der Waals surface area contributed by atoms with Crippen LogP contribution in [0.25, 0.3) is 11.0 Å². The number of sulfonamides is 1. The third kappa shape index (κ3) is 3.00. The van der Waals surface area contributed by atoms with Crippen LogP contribution in [-0.2, 0) is 10.0 Å². The van der Waals surface area contributed by atoms with Crippen LogP contribution < -0.4 is 4.72 Å². The molecule has 2 aromatic rings. The molecule has 0 aliphatic heterocycles. The highest BCUT2D eigenvalue weighted by atomic mass is 32.2. The molecule has 2 rings (SSSR count). The van der Waals surface area contributed by atoms with Crippen LogP contribution in [0.2, 0.25) is 0 Å². The van der Waals surface area contributed by atoms with E-state index in [9.17, 15) is 8.42 Å². The topological polar surface area (TPSA) is 95.1 Å². The lowest BCUT2D eigenvalue weighted by molar-refractivity contribution is 0.256. The highest BCUT2D eigenvalue weighted by Crippen LogP contribution is 2.21. The number of aliphatic hydroxyl groups is 1. The molecule has 0 bridgehead atoms. The lowest BCUT2D eigenvalue weighted by Gasteiger charge is -2.21. The Bertz CT molecular complexity index is 679. The van der Waals surface area contributed by atoms with Gasteiger partial charge in [0, 0.05) is 30.4 Å². The monoisotopic (exact) mass is 297 g/mol. The molecule has 2 heterocycles. The van der Waals surface area contributed by atoms with Gasteiger partial charge in [0.05, 0.1) is 0 Å². The first kappa shape index (κ1) is 15.0. The number of aromatic amines is 1. The van der Waals surface area contributed by atoms with E-state index >= 15 is 0 Å². The Labute approximate surface area is 118 Å². The minimum atomic E-state index is -3.64. The van der Waals surface area contributed by atoms with Gasteiger partial charge in [-0.25, -0.2) is 18.1 Å². The predicted octanol–water partition coefficient (Wildman–Crippen LogP) is 1.25. The summed E-state index contributed by atoms with van der Waals surface area (Å²) in [7, 11) is -3.64. The van der Waals surface area contributed by atoms with Crippen molar-refractivity contribution in [3.8, 4) is 0 Å². The van der Waals surface area contributed by atoms with E-state index in [4.69, 9.17) is 5.11 Å². The summed E-state index contributed by atoms with van der Waals surface area (Å²) < 4.78 is 27.6. The van der Waals surface area contributed by atoms with Gasteiger partial charge in [-0.15, -0.1) is 0 Å². The number of aliphatic hydroxyl groups excluding tert-OH is 1. The van der Waals surface area contributed by atoms with Crippen molar-refractivity contribution in [2.45, 2.75) is 31.2 Å². The molecule has 7 heteroatoms. The predicted molar refractivity (Wildman–Crippen MR) is 76.7 cm³/mol. The fourth-order valence-corrected chi connectivity index (χ4v) is 3.67. The van der Waals surface area contributed by atoms with Gasteiger partial charge in [-0.05, 0) is 24.5 Å². The molecule has 0 aromatic carbocycles. The SMILES string of the molecule is CC(C)C(CCO)NS(=O)(=O)c1c[nH]c2ncccc12. The Morgan fingerprint density at radius 1 is 1.45 bits per heavy atom. The summed E-state index contributed by atoms with van der Waals surface area (Å²) in [4.78, 5) is 7.11. The summed E-state index contributed by atoms with van der Waals surface area (Å²) in [5, 5.41) is 9.60. The highest BCUT2D eigenvalue weighted by molar-refractivity contribution is 7.89. The Morgan fingerprint density at radius 3 is 2.85 bits per heavy atom. The van der Waals surface area contributed by atoms with Gasteiger partial charge in [0.1, 0.15) is 10.5 Å². The second-order valence-corrected chi connectivity index (χ2v) is 6.72. The highest BCUT2D eigenvalue weighted by Gasteiger charge is 2.24. The molecule has 6 nitrogen and oxygen atoms in total. The fourth-order valence-electron chi connectivity index (χ4n) is 2.08. The molecule has 110 valence electrons. The maximum Gasteiger partial charge on any atom is 0.243 e. The van der Waals surface area contributed by atoms with Crippen LogP contribution in [0.15, 0.2) is 29.4 Å². The van der Waals surface area contributed by atoms with Gasteiger partial charge < -0.3 is 10.1 Å². The van der Waals surface area contributed by atoms with Crippen LogP contribution >= 0.6 is 0 Å². The van der Waals surface area contributed by atoms with E-state index in [1.54, 1.807) is 18.3 Å². The van der Waals surface area contributed by atoms with E-state index in [0.29, 0.717) is 17.5 Å². The summed E-state index contributed by atoms with van der Waals surface area (Å²) in [5.74, 6) is 0.0975.